The Morgan fingerprint density at radius 2 is 1.83 bits per heavy atom. The van der Waals surface area contributed by atoms with Crippen LogP contribution in [0.1, 0.15) is 12.5 Å². The molecule has 1 aromatic carbocycles. The van der Waals surface area contributed by atoms with Gasteiger partial charge in [0, 0.05) is 38.8 Å². The molecule has 18 heavy (non-hydrogen) atoms. The number of benzene rings is 1. The number of nitrogens with zero attached hydrogens (tertiary/aromatic N) is 3. The number of rotatable bonds is 2. The lowest BCUT2D eigenvalue weighted by molar-refractivity contribution is -0.129. The van der Waals surface area contributed by atoms with E-state index in [0.717, 1.165) is 31.7 Å². The Kier molecular flexibility index (Phi) is 3.83. The zero-order valence-electron chi connectivity index (χ0n) is 10.6. The molecule has 1 amide bonds. The number of carbonyl (C=O) groups excluding carboxylic acids is 1. The second kappa shape index (κ2) is 5.54. The fourth-order valence-corrected chi connectivity index (χ4v) is 2.20. The summed E-state index contributed by atoms with van der Waals surface area (Å²) in [5.41, 5.74) is 2.21. The molecule has 0 atom stereocenters. The summed E-state index contributed by atoms with van der Waals surface area (Å²) in [5.74, 6) is 0.152. The van der Waals surface area contributed by atoms with Gasteiger partial charge in [0.15, 0.2) is 0 Å². The molecule has 1 fully saturated rings. The van der Waals surface area contributed by atoms with Gasteiger partial charge in [-0.2, -0.15) is 5.26 Å². The second-order valence-electron chi connectivity index (χ2n) is 4.49. The fraction of sp³-hybridized carbons (Fsp3) is 0.429. The normalized spacial score (nSPS) is 15.3. The summed E-state index contributed by atoms with van der Waals surface area (Å²) in [5, 5.41) is 8.62. The largest absolute Gasteiger partial charge is 0.368 e. The number of nitriles is 1. The van der Waals surface area contributed by atoms with E-state index in [0.29, 0.717) is 6.42 Å². The maximum Gasteiger partial charge on any atom is 0.219 e. The molecule has 0 aliphatic carbocycles. The molecular weight excluding hydrogens is 226 g/mol. The third-order valence-corrected chi connectivity index (χ3v) is 3.31. The van der Waals surface area contributed by atoms with E-state index in [1.54, 1.807) is 6.92 Å². The molecule has 0 spiro atoms. The minimum absolute atomic E-state index is 0.152. The van der Waals surface area contributed by atoms with Crippen molar-refractivity contribution in [1.82, 2.24) is 4.90 Å². The second-order valence-corrected chi connectivity index (χ2v) is 4.49. The van der Waals surface area contributed by atoms with Crippen molar-refractivity contribution in [3.63, 3.8) is 0 Å². The number of hydrogen-bond donors (Lipinski definition) is 0. The number of hydrogen-bond acceptors (Lipinski definition) is 3. The Hall–Kier alpha value is -2.02. The van der Waals surface area contributed by atoms with Gasteiger partial charge in [-0.15, -0.1) is 0 Å². The third kappa shape index (κ3) is 2.80. The maximum atomic E-state index is 11.2. The molecule has 4 nitrogen and oxygen atoms in total. The molecule has 1 aromatic rings. The van der Waals surface area contributed by atoms with Crippen LogP contribution in [0.25, 0.3) is 0 Å². The van der Waals surface area contributed by atoms with Crippen LogP contribution < -0.4 is 4.90 Å². The van der Waals surface area contributed by atoms with Crippen LogP contribution in [-0.4, -0.2) is 37.0 Å². The Morgan fingerprint density at radius 3 is 2.33 bits per heavy atom. The Labute approximate surface area is 107 Å². The van der Waals surface area contributed by atoms with E-state index in [-0.39, 0.29) is 5.91 Å². The first-order valence-electron chi connectivity index (χ1n) is 6.17. The van der Waals surface area contributed by atoms with Crippen LogP contribution in [0.4, 0.5) is 5.69 Å². The van der Waals surface area contributed by atoms with Crippen molar-refractivity contribution in [3.05, 3.63) is 29.8 Å². The standard InChI is InChI=1S/C14H17N3O/c1-12(18)16-8-10-17(11-9-16)14-4-2-13(3-5-14)6-7-15/h2-5H,6,8-11H2,1H3. The first-order valence-corrected chi connectivity index (χ1v) is 6.17. The first-order chi connectivity index (χ1) is 8.70. The van der Waals surface area contributed by atoms with Gasteiger partial charge in [-0.1, -0.05) is 12.1 Å². The van der Waals surface area contributed by atoms with Gasteiger partial charge in [0.25, 0.3) is 0 Å². The molecule has 2 rings (SSSR count). The van der Waals surface area contributed by atoms with Gasteiger partial charge in [-0.05, 0) is 17.7 Å². The highest BCUT2D eigenvalue weighted by Crippen LogP contribution is 2.17. The summed E-state index contributed by atoms with van der Waals surface area (Å²) in [6.45, 7) is 4.94. The van der Waals surface area contributed by atoms with E-state index in [9.17, 15) is 4.79 Å². The van der Waals surface area contributed by atoms with Gasteiger partial charge in [0.05, 0.1) is 12.5 Å². The lowest BCUT2D eigenvalue weighted by Gasteiger charge is -2.35. The van der Waals surface area contributed by atoms with E-state index in [1.807, 2.05) is 17.0 Å². The maximum absolute atomic E-state index is 11.2. The van der Waals surface area contributed by atoms with Gasteiger partial charge < -0.3 is 9.80 Å². The summed E-state index contributed by atoms with van der Waals surface area (Å²) >= 11 is 0. The number of carbonyl (C=O) groups is 1. The summed E-state index contributed by atoms with van der Waals surface area (Å²) in [7, 11) is 0. The fourth-order valence-electron chi connectivity index (χ4n) is 2.20. The lowest BCUT2D eigenvalue weighted by atomic mass is 10.1. The summed E-state index contributed by atoms with van der Waals surface area (Å²) in [6.07, 6.45) is 0.457. The van der Waals surface area contributed by atoms with Crippen LogP contribution in [0, 0.1) is 11.3 Å². The summed E-state index contributed by atoms with van der Waals surface area (Å²) in [6, 6.07) is 10.2. The highest BCUT2D eigenvalue weighted by atomic mass is 16.2. The van der Waals surface area contributed by atoms with E-state index in [2.05, 4.69) is 23.1 Å². The number of piperazine rings is 1. The molecule has 0 aromatic heterocycles. The SMILES string of the molecule is CC(=O)N1CCN(c2ccc(CC#N)cc2)CC1. The number of amides is 1. The molecule has 1 aliphatic rings. The van der Waals surface area contributed by atoms with Gasteiger partial charge in [-0.3, -0.25) is 4.79 Å². The zero-order valence-corrected chi connectivity index (χ0v) is 10.6. The smallest absolute Gasteiger partial charge is 0.219 e. The first kappa shape index (κ1) is 12.4. The number of anilines is 1. The average Bonchev–Trinajstić information content (AvgIpc) is 2.40. The van der Waals surface area contributed by atoms with Crippen molar-refractivity contribution in [1.29, 1.82) is 5.26 Å². The molecule has 4 heteroatoms. The lowest BCUT2D eigenvalue weighted by Crippen LogP contribution is -2.48. The molecular formula is C14H17N3O. The zero-order chi connectivity index (χ0) is 13.0. The van der Waals surface area contributed by atoms with Crippen LogP contribution >= 0.6 is 0 Å². The molecule has 0 N–H and O–H groups in total. The predicted molar refractivity (Wildman–Crippen MR) is 70.2 cm³/mol. The molecule has 0 unspecified atom stereocenters. The van der Waals surface area contributed by atoms with Crippen LogP contribution in [0.3, 0.4) is 0 Å². The Bertz CT molecular complexity index is 453. The highest BCUT2D eigenvalue weighted by Gasteiger charge is 2.18. The van der Waals surface area contributed by atoms with Gasteiger partial charge in [-0.25, -0.2) is 0 Å². The monoisotopic (exact) mass is 243 g/mol. The minimum Gasteiger partial charge on any atom is -0.368 e. The van der Waals surface area contributed by atoms with Crippen molar-refractivity contribution in [2.75, 3.05) is 31.1 Å². The quantitative estimate of drug-likeness (QED) is 0.789. The molecule has 1 saturated heterocycles. The summed E-state index contributed by atoms with van der Waals surface area (Å²) < 4.78 is 0. The predicted octanol–water partition coefficient (Wildman–Crippen LogP) is 1.42. The van der Waals surface area contributed by atoms with Crippen LogP contribution in [0.2, 0.25) is 0 Å². The molecule has 1 aliphatic heterocycles. The topological polar surface area (TPSA) is 47.3 Å². The van der Waals surface area contributed by atoms with Crippen molar-refractivity contribution in [2.45, 2.75) is 13.3 Å². The van der Waals surface area contributed by atoms with Crippen molar-refractivity contribution >= 4 is 11.6 Å². The summed E-state index contributed by atoms with van der Waals surface area (Å²) in [4.78, 5) is 15.4. The Balaban J connectivity index is 1.97. The van der Waals surface area contributed by atoms with E-state index in [4.69, 9.17) is 5.26 Å². The minimum atomic E-state index is 0.152. The molecule has 0 bridgehead atoms. The molecule has 0 radical (unpaired) electrons. The van der Waals surface area contributed by atoms with Crippen LogP contribution in [0.5, 0.6) is 0 Å². The van der Waals surface area contributed by atoms with E-state index < -0.39 is 0 Å². The molecule has 94 valence electrons. The van der Waals surface area contributed by atoms with E-state index >= 15 is 0 Å². The van der Waals surface area contributed by atoms with Crippen molar-refractivity contribution in [2.24, 2.45) is 0 Å². The highest BCUT2D eigenvalue weighted by molar-refractivity contribution is 5.73. The third-order valence-electron chi connectivity index (χ3n) is 3.31. The molecule has 1 heterocycles. The molecule has 0 saturated carbocycles. The van der Waals surface area contributed by atoms with Crippen LogP contribution in [0.15, 0.2) is 24.3 Å². The Morgan fingerprint density at radius 1 is 1.22 bits per heavy atom. The van der Waals surface area contributed by atoms with Crippen LogP contribution in [-0.2, 0) is 11.2 Å². The van der Waals surface area contributed by atoms with Crippen molar-refractivity contribution in [3.8, 4) is 6.07 Å². The van der Waals surface area contributed by atoms with E-state index in [1.165, 1.54) is 5.69 Å². The van der Waals surface area contributed by atoms with Crippen molar-refractivity contribution < 1.29 is 4.79 Å². The van der Waals surface area contributed by atoms with Gasteiger partial charge in [0.2, 0.25) is 5.91 Å². The van der Waals surface area contributed by atoms with Gasteiger partial charge >= 0.3 is 0 Å². The van der Waals surface area contributed by atoms with Gasteiger partial charge in [0.1, 0.15) is 0 Å². The average molecular weight is 243 g/mol.